The van der Waals surface area contributed by atoms with E-state index in [0.717, 1.165) is 17.7 Å². The zero-order chi connectivity index (χ0) is 26.8. The molecule has 35 heavy (non-hydrogen) atoms. The van der Waals surface area contributed by atoms with E-state index in [-0.39, 0.29) is 23.7 Å². The number of nitrogens with one attached hydrogen (secondary N) is 2. The van der Waals surface area contributed by atoms with Gasteiger partial charge in [0.25, 0.3) is 0 Å². The van der Waals surface area contributed by atoms with Crippen LogP contribution in [0, 0.1) is 24.2 Å². The fourth-order valence-corrected chi connectivity index (χ4v) is 3.55. The van der Waals surface area contributed by atoms with Crippen LogP contribution in [0.25, 0.3) is 0 Å². The Hall–Kier alpha value is -3.28. The fourth-order valence-electron chi connectivity index (χ4n) is 3.55. The van der Waals surface area contributed by atoms with Gasteiger partial charge in [-0.1, -0.05) is 45.4 Å². The molecule has 2 atom stereocenters. The number of nitrogens with zero attached hydrogens (tertiary/aromatic N) is 2. The van der Waals surface area contributed by atoms with E-state index in [9.17, 15) is 24.8 Å². The third kappa shape index (κ3) is 9.47. The molecule has 0 spiro atoms. The van der Waals surface area contributed by atoms with Crippen molar-refractivity contribution in [1.82, 2.24) is 15.5 Å². The molecule has 0 radical (unpaired) electrons. The molecule has 1 rings (SSSR count). The van der Waals surface area contributed by atoms with E-state index in [1.807, 2.05) is 26.8 Å². The summed E-state index contributed by atoms with van der Waals surface area (Å²) in [7, 11) is 0. The highest BCUT2D eigenvalue weighted by atomic mass is 16.6. The van der Waals surface area contributed by atoms with Crippen molar-refractivity contribution in [3.8, 4) is 11.8 Å². The summed E-state index contributed by atoms with van der Waals surface area (Å²) in [5, 5.41) is 25.7. The Labute approximate surface area is 208 Å². The van der Waals surface area contributed by atoms with Gasteiger partial charge in [-0.3, -0.25) is 9.59 Å². The zero-order valence-corrected chi connectivity index (χ0v) is 22.0. The van der Waals surface area contributed by atoms with Gasteiger partial charge < -0.3 is 25.4 Å². The molecule has 0 aliphatic carbocycles. The Bertz CT molecular complexity index is 917. The molecule has 9 heteroatoms. The molecule has 0 bridgehead atoms. The molecule has 0 aromatic heterocycles. The van der Waals surface area contributed by atoms with Crippen molar-refractivity contribution < 1.29 is 24.2 Å². The summed E-state index contributed by atoms with van der Waals surface area (Å²) in [5.41, 5.74) is -0.0244. The molecule has 2 unspecified atom stereocenters. The Kier molecular flexibility index (Phi) is 11.5. The average molecular weight is 489 g/mol. The van der Waals surface area contributed by atoms with Gasteiger partial charge in [0.05, 0.1) is 6.07 Å². The third-order valence-electron chi connectivity index (χ3n) is 5.17. The molecule has 194 valence electrons. The molecular weight excluding hydrogens is 448 g/mol. The standard InChI is InChI=1S/C26H40N4O5/c1-8-9-14-28-23(32)21(19-12-10-11-18(4)22(19)31)30(15-13-27)24(33)20(16-17(2)3)29-25(34)35-26(5,6)7/h10-12,17,20-21,31H,8-9,14-16H2,1-7H3,(H,28,32)(H,29,34). The van der Waals surface area contributed by atoms with Crippen molar-refractivity contribution >= 4 is 17.9 Å². The summed E-state index contributed by atoms with van der Waals surface area (Å²) in [6.07, 6.45) is 1.10. The number of amides is 3. The lowest BCUT2D eigenvalue weighted by atomic mass is 9.97. The van der Waals surface area contributed by atoms with Gasteiger partial charge in [0, 0.05) is 12.1 Å². The van der Waals surface area contributed by atoms with E-state index in [2.05, 4.69) is 10.6 Å². The molecule has 0 aliphatic heterocycles. The number of aryl methyl sites for hydroxylation is 1. The van der Waals surface area contributed by atoms with Gasteiger partial charge in [-0.15, -0.1) is 0 Å². The maximum Gasteiger partial charge on any atom is 0.408 e. The van der Waals surface area contributed by atoms with Crippen LogP contribution in [-0.2, 0) is 14.3 Å². The van der Waals surface area contributed by atoms with E-state index in [1.54, 1.807) is 45.9 Å². The molecule has 3 N–H and O–H groups in total. The van der Waals surface area contributed by atoms with Gasteiger partial charge in [0.1, 0.15) is 30.0 Å². The number of carbonyl (C=O) groups is 3. The van der Waals surface area contributed by atoms with Crippen LogP contribution >= 0.6 is 0 Å². The lowest BCUT2D eigenvalue weighted by molar-refractivity contribution is -0.142. The van der Waals surface area contributed by atoms with Crippen molar-refractivity contribution in [2.45, 2.75) is 85.4 Å². The Morgan fingerprint density at radius 2 is 1.89 bits per heavy atom. The number of phenolic OH excluding ortho intramolecular Hbond substituents is 1. The van der Waals surface area contributed by atoms with Gasteiger partial charge in [-0.2, -0.15) is 5.26 Å². The molecule has 0 heterocycles. The number of benzene rings is 1. The van der Waals surface area contributed by atoms with Crippen LogP contribution in [0.1, 0.15) is 78.0 Å². The second-order valence-electron chi connectivity index (χ2n) is 10.0. The topological polar surface area (TPSA) is 132 Å². The second kappa shape index (κ2) is 13.6. The monoisotopic (exact) mass is 488 g/mol. The lowest BCUT2D eigenvalue weighted by Gasteiger charge is -2.33. The van der Waals surface area contributed by atoms with Crippen LogP contribution in [0.5, 0.6) is 5.75 Å². The first-order chi connectivity index (χ1) is 16.3. The molecule has 1 aromatic carbocycles. The second-order valence-corrected chi connectivity index (χ2v) is 10.0. The van der Waals surface area contributed by atoms with Crippen LogP contribution < -0.4 is 10.6 Å². The summed E-state index contributed by atoms with van der Waals surface area (Å²) in [5.74, 6) is -1.22. The van der Waals surface area contributed by atoms with E-state index < -0.39 is 42.1 Å². The number of hydrogen-bond donors (Lipinski definition) is 3. The first-order valence-electron chi connectivity index (χ1n) is 12.0. The molecule has 1 aromatic rings. The number of alkyl carbamates (subject to hydrolysis) is 1. The van der Waals surface area contributed by atoms with E-state index >= 15 is 0 Å². The summed E-state index contributed by atoms with van der Waals surface area (Å²) in [6, 6.07) is 4.59. The molecule has 0 saturated carbocycles. The van der Waals surface area contributed by atoms with E-state index in [1.165, 1.54) is 0 Å². The number of para-hydroxylation sites is 1. The van der Waals surface area contributed by atoms with Gasteiger partial charge in [-0.25, -0.2) is 4.79 Å². The number of ether oxygens (including phenoxy) is 1. The number of nitriles is 1. The summed E-state index contributed by atoms with van der Waals surface area (Å²) >= 11 is 0. The SMILES string of the molecule is CCCCNC(=O)C(c1cccc(C)c1O)N(CC#N)C(=O)C(CC(C)C)NC(=O)OC(C)(C)C. The summed E-state index contributed by atoms with van der Waals surface area (Å²) < 4.78 is 5.33. The molecular formula is C26H40N4O5. The molecule has 9 nitrogen and oxygen atoms in total. The third-order valence-corrected chi connectivity index (χ3v) is 5.17. The van der Waals surface area contributed by atoms with Crippen LogP contribution in [0.3, 0.4) is 0 Å². The molecule has 3 amide bonds. The van der Waals surface area contributed by atoms with Gasteiger partial charge >= 0.3 is 6.09 Å². The van der Waals surface area contributed by atoms with Crippen molar-refractivity contribution in [3.63, 3.8) is 0 Å². The number of unbranched alkanes of at least 4 members (excludes halogenated alkanes) is 1. The number of hydrogen-bond acceptors (Lipinski definition) is 6. The van der Waals surface area contributed by atoms with Crippen molar-refractivity contribution in [1.29, 1.82) is 5.26 Å². The van der Waals surface area contributed by atoms with Crippen molar-refractivity contribution in [2.24, 2.45) is 5.92 Å². The predicted octanol–water partition coefficient (Wildman–Crippen LogP) is 3.95. The normalized spacial score (nSPS) is 12.9. The van der Waals surface area contributed by atoms with E-state index in [0.29, 0.717) is 12.1 Å². The summed E-state index contributed by atoms with van der Waals surface area (Å²) in [4.78, 5) is 40.7. The number of carbonyl (C=O) groups excluding carboxylic acids is 3. The van der Waals surface area contributed by atoms with Crippen LogP contribution in [-0.4, -0.2) is 52.6 Å². The first-order valence-corrected chi connectivity index (χ1v) is 12.0. The smallest absolute Gasteiger partial charge is 0.408 e. The minimum atomic E-state index is -1.26. The number of rotatable bonds is 11. The Morgan fingerprint density at radius 1 is 1.23 bits per heavy atom. The van der Waals surface area contributed by atoms with Crippen LogP contribution in [0.4, 0.5) is 4.79 Å². The average Bonchev–Trinajstić information content (AvgIpc) is 2.73. The number of phenols is 1. The fraction of sp³-hybridized carbons (Fsp3) is 0.615. The highest BCUT2D eigenvalue weighted by molar-refractivity contribution is 5.92. The Morgan fingerprint density at radius 3 is 2.43 bits per heavy atom. The maximum absolute atomic E-state index is 13.8. The van der Waals surface area contributed by atoms with E-state index in [4.69, 9.17) is 4.74 Å². The quantitative estimate of drug-likeness (QED) is 0.319. The minimum absolute atomic E-state index is 0.0204. The summed E-state index contributed by atoms with van der Waals surface area (Å²) in [6.45, 7) is 12.6. The van der Waals surface area contributed by atoms with Crippen LogP contribution in [0.15, 0.2) is 18.2 Å². The number of aromatic hydroxyl groups is 1. The first kappa shape index (κ1) is 29.8. The van der Waals surface area contributed by atoms with Gasteiger partial charge in [0.2, 0.25) is 11.8 Å². The van der Waals surface area contributed by atoms with Crippen LogP contribution in [0.2, 0.25) is 0 Å². The predicted molar refractivity (Wildman–Crippen MR) is 133 cm³/mol. The molecule has 0 fully saturated rings. The van der Waals surface area contributed by atoms with Crippen molar-refractivity contribution in [2.75, 3.05) is 13.1 Å². The zero-order valence-electron chi connectivity index (χ0n) is 22.0. The maximum atomic E-state index is 13.8. The Balaban J connectivity index is 3.47. The molecule has 0 saturated heterocycles. The molecule has 0 aliphatic rings. The lowest BCUT2D eigenvalue weighted by Crippen LogP contribution is -2.53. The van der Waals surface area contributed by atoms with Crippen molar-refractivity contribution in [3.05, 3.63) is 29.3 Å². The van der Waals surface area contributed by atoms with Gasteiger partial charge in [-0.05, 0) is 52.0 Å². The largest absolute Gasteiger partial charge is 0.507 e. The highest BCUT2D eigenvalue weighted by Gasteiger charge is 2.37. The minimum Gasteiger partial charge on any atom is -0.507 e. The van der Waals surface area contributed by atoms with Gasteiger partial charge in [0.15, 0.2) is 0 Å². The highest BCUT2D eigenvalue weighted by Crippen LogP contribution is 2.32.